The van der Waals surface area contributed by atoms with Crippen molar-refractivity contribution >= 4 is 43.9 Å². The van der Waals surface area contributed by atoms with Crippen molar-refractivity contribution in [2.45, 2.75) is 6.42 Å². The Bertz CT molecular complexity index is 1000. The van der Waals surface area contributed by atoms with Crippen LogP contribution in [0.15, 0.2) is 55.1 Å². The summed E-state index contributed by atoms with van der Waals surface area (Å²) in [6, 6.07) is 14.0. The Labute approximate surface area is 127 Å². The first-order valence-corrected chi connectivity index (χ1v) is 7.26. The second-order valence-corrected chi connectivity index (χ2v) is 5.80. The minimum absolute atomic E-state index is 0.272. The highest BCUT2D eigenvalue weighted by molar-refractivity contribution is 6.40. The first-order chi connectivity index (χ1) is 10.2. The van der Waals surface area contributed by atoms with Gasteiger partial charge < -0.3 is 5.11 Å². The molecule has 0 bridgehead atoms. The minimum atomic E-state index is 0.272. The molecule has 0 atom stereocenters. The largest absolute Gasteiger partial charge is 0.507 e. The number of halogens is 1. The van der Waals surface area contributed by atoms with Crippen molar-refractivity contribution in [2.75, 3.05) is 0 Å². The van der Waals surface area contributed by atoms with Crippen LogP contribution in [0.25, 0.3) is 32.3 Å². The van der Waals surface area contributed by atoms with Gasteiger partial charge in [-0.05, 0) is 46.3 Å². The Kier molecular flexibility index (Phi) is 2.60. The van der Waals surface area contributed by atoms with E-state index in [0.717, 1.165) is 38.7 Å². The lowest BCUT2D eigenvalue weighted by Crippen LogP contribution is -1.88. The summed E-state index contributed by atoms with van der Waals surface area (Å²) in [4.78, 5) is 0. The average molecular weight is 293 g/mol. The van der Waals surface area contributed by atoms with Crippen LogP contribution in [0.5, 0.6) is 5.75 Å². The molecule has 0 aliphatic rings. The van der Waals surface area contributed by atoms with Gasteiger partial charge in [-0.1, -0.05) is 41.9 Å². The third-order valence-corrected chi connectivity index (χ3v) is 4.40. The molecule has 21 heavy (non-hydrogen) atoms. The molecule has 0 radical (unpaired) electrons. The van der Waals surface area contributed by atoms with Crippen molar-refractivity contribution in [3.63, 3.8) is 0 Å². The molecule has 4 aromatic rings. The molecule has 4 aromatic carbocycles. The lowest BCUT2D eigenvalue weighted by Gasteiger charge is -2.14. The van der Waals surface area contributed by atoms with Gasteiger partial charge in [0, 0.05) is 21.2 Å². The van der Waals surface area contributed by atoms with E-state index in [0.29, 0.717) is 5.02 Å². The van der Waals surface area contributed by atoms with Crippen LogP contribution in [0.2, 0.25) is 5.02 Å². The SMILES string of the molecule is C=CCc1cc2ccc3ccc(O)c4cc(Cl)c(c1)c2c34. The van der Waals surface area contributed by atoms with Crippen molar-refractivity contribution in [1.82, 2.24) is 0 Å². The summed E-state index contributed by atoms with van der Waals surface area (Å²) >= 11 is 6.47. The first-order valence-electron chi connectivity index (χ1n) is 6.89. The zero-order chi connectivity index (χ0) is 14.6. The molecule has 0 heterocycles. The smallest absolute Gasteiger partial charge is 0.123 e. The van der Waals surface area contributed by atoms with E-state index in [4.69, 9.17) is 11.6 Å². The van der Waals surface area contributed by atoms with Gasteiger partial charge in [0.15, 0.2) is 0 Å². The van der Waals surface area contributed by atoms with E-state index >= 15 is 0 Å². The van der Waals surface area contributed by atoms with Crippen LogP contribution in [0.4, 0.5) is 0 Å². The normalized spacial score (nSPS) is 11.7. The van der Waals surface area contributed by atoms with Crippen LogP contribution >= 0.6 is 11.6 Å². The summed E-state index contributed by atoms with van der Waals surface area (Å²) in [6.07, 6.45) is 2.71. The number of phenols is 1. The van der Waals surface area contributed by atoms with Crippen LogP contribution in [-0.2, 0) is 6.42 Å². The van der Waals surface area contributed by atoms with Gasteiger partial charge in [-0.3, -0.25) is 0 Å². The standard InChI is InChI=1S/C19H13ClO/c1-2-3-11-8-13-5-4-12-6-7-17(21)15-10-16(20)14(9-11)19(13)18(12)15/h2,4-10,21H,1,3H2. The Hall–Kier alpha value is -2.25. The molecule has 4 rings (SSSR count). The average Bonchev–Trinajstić information content (AvgIpc) is 2.48. The third-order valence-electron chi connectivity index (χ3n) is 4.08. The Balaban J connectivity index is 2.30. The molecule has 0 saturated carbocycles. The monoisotopic (exact) mass is 292 g/mol. The molecule has 2 heteroatoms. The minimum Gasteiger partial charge on any atom is -0.507 e. The fourth-order valence-electron chi connectivity index (χ4n) is 3.18. The van der Waals surface area contributed by atoms with Crippen molar-refractivity contribution in [3.05, 3.63) is 65.7 Å². The van der Waals surface area contributed by atoms with Gasteiger partial charge in [0.25, 0.3) is 0 Å². The number of hydrogen-bond acceptors (Lipinski definition) is 1. The molecule has 0 aromatic heterocycles. The summed E-state index contributed by atoms with van der Waals surface area (Å²) in [6.45, 7) is 3.80. The van der Waals surface area contributed by atoms with Crippen molar-refractivity contribution in [3.8, 4) is 5.75 Å². The van der Waals surface area contributed by atoms with Crippen molar-refractivity contribution in [1.29, 1.82) is 0 Å². The van der Waals surface area contributed by atoms with Crippen LogP contribution in [0.3, 0.4) is 0 Å². The van der Waals surface area contributed by atoms with Gasteiger partial charge in [0.2, 0.25) is 0 Å². The number of aromatic hydroxyl groups is 1. The van der Waals surface area contributed by atoms with E-state index < -0.39 is 0 Å². The highest BCUT2D eigenvalue weighted by Gasteiger charge is 2.14. The second-order valence-electron chi connectivity index (χ2n) is 5.39. The van der Waals surface area contributed by atoms with Gasteiger partial charge in [-0.25, -0.2) is 0 Å². The quantitative estimate of drug-likeness (QED) is 0.373. The van der Waals surface area contributed by atoms with Gasteiger partial charge in [0.1, 0.15) is 5.75 Å². The zero-order valence-corrected chi connectivity index (χ0v) is 12.1. The Morgan fingerprint density at radius 1 is 0.952 bits per heavy atom. The summed E-state index contributed by atoms with van der Waals surface area (Å²) in [5.74, 6) is 0.272. The van der Waals surface area contributed by atoms with Gasteiger partial charge in [-0.15, -0.1) is 6.58 Å². The number of hydrogen-bond donors (Lipinski definition) is 1. The molecule has 0 aliphatic heterocycles. The van der Waals surface area contributed by atoms with Crippen LogP contribution in [0.1, 0.15) is 5.56 Å². The molecule has 0 fully saturated rings. The summed E-state index contributed by atoms with van der Waals surface area (Å²) in [7, 11) is 0. The fourth-order valence-corrected chi connectivity index (χ4v) is 3.44. The first kappa shape index (κ1) is 12.5. The number of rotatable bonds is 2. The van der Waals surface area contributed by atoms with Gasteiger partial charge >= 0.3 is 0 Å². The second kappa shape index (κ2) is 4.37. The lowest BCUT2D eigenvalue weighted by atomic mass is 9.92. The Morgan fingerprint density at radius 3 is 2.48 bits per heavy atom. The molecule has 1 nitrogen and oxygen atoms in total. The molecule has 0 aliphatic carbocycles. The Morgan fingerprint density at radius 2 is 1.67 bits per heavy atom. The van der Waals surface area contributed by atoms with E-state index in [1.165, 1.54) is 5.56 Å². The maximum Gasteiger partial charge on any atom is 0.123 e. The number of phenolic OH excluding ortho intramolecular Hbond substituents is 1. The molecule has 1 N–H and O–H groups in total. The highest BCUT2D eigenvalue weighted by Crippen LogP contribution is 2.41. The van der Waals surface area contributed by atoms with E-state index in [2.05, 4.69) is 30.8 Å². The van der Waals surface area contributed by atoms with Crippen LogP contribution < -0.4 is 0 Å². The summed E-state index contributed by atoms with van der Waals surface area (Å²) in [5.41, 5.74) is 1.20. The van der Waals surface area contributed by atoms with E-state index in [-0.39, 0.29) is 5.75 Å². The highest BCUT2D eigenvalue weighted by atomic mass is 35.5. The van der Waals surface area contributed by atoms with Crippen LogP contribution in [-0.4, -0.2) is 5.11 Å². The molecule has 0 unspecified atom stereocenters. The lowest BCUT2D eigenvalue weighted by molar-refractivity contribution is 0.482. The molecular weight excluding hydrogens is 280 g/mol. The van der Waals surface area contributed by atoms with E-state index in [9.17, 15) is 5.11 Å². The number of allylic oxidation sites excluding steroid dienone is 1. The predicted octanol–water partition coefficient (Wildman–Crippen LogP) is 5.67. The van der Waals surface area contributed by atoms with Crippen LogP contribution in [0, 0.1) is 0 Å². The van der Waals surface area contributed by atoms with E-state index in [1.54, 1.807) is 6.07 Å². The molecule has 0 amide bonds. The number of benzene rings is 4. The van der Waals surface area contributed by atoms with Gasteiger partial charge in [0.05, 0.1) is 0 Å². The van der Waals surface area contributed by atoms with E-state index in [1.807, 2.05) is 18.2 Å². The predicted molar refractivity (Wildman–Crippen MR) is 90.7 cm³/mol. The summed E-state index contributed by atoms with van der Waals surface area (Å²) < 4.78 is 0. The summed E-state index contributed by atoms with van der Waals surface area (Å²) in [5, 5.41) is 17.1. The fraction of sp³-hybridized carbons (Fsp3) is 0.0526. The molecule has 0 spiro atoms. The molecule has 0 saturated heterocycles. The van der Waals surface area contributed by atoms with Crippen molar-refractivity contribution < 1.29 is 5.11 Å². The van der Waals surface area contributed by atoms with Gasteiger partial charge in [-0.2, -0.15) is 0 Å². The molecule has 102 valence electrons. The zero-order valence-electron chi connectivity index (χ0n) is 11.4. The molecular formula is C19H13ClO. The maximum atomic E-state index is 10.1. The maximum absolute atomic E-state index is 10.1. The van der Waals surface area contributed by atoms with Crippen molar-refractivity contribution in [2.24, 2.45) is 0 Å². The topological polar surface area (TPSA) is 20.2 Å². The third kappa shape index (κ3) is 1.71.